The fraction of sp³-hybridized carbons (Fsp3) is 0.515. The van der Waals surface area contributed by atoms with Gasteiger partial charge in [-0.05, 0) is 63.4 Å². The van der Waals surface area contributed by atoms with Gasteiger partial charge in [0.15, 0.2) is 0 Å². The number of pyridine rings is 1. The van der Waals surface area contributed by atoms with Gasteiger partial charge < -0.3 is 29.1 Å². The van der Waals surface area contributed by atoms with Crippen molar-refractivity contribution in [1.29, 1.82) is 10.5 Å². The van der Waals surface area contributed by atoms with Crippen molar-refractivity contribution in [3.05, 3.63) is 53.2 Å². The van der Waals surface area contributed by atoms with Crippen LogP contribution in [0.3, 0.4) is 0 Å². The maximum atomic E-state index is 12.6. The molecule has 43 heavy (non-hydrogen) atoms. The minimum absolute atomic E-state index is 0.175. The number of likely N-dealkylation sites (tertiary alicyclic amines) is 1. The Morgan fingerprint density at radius 3 is 2.81 bits per heavy atom. The van der Waals surface area contributed by atoms with E-state index in [-0.39, 0.29) is 24.4 Å². The van der Waals surface area contributed by atoms with Crippen molar-refractivity contribution >= 4 is 17.3 Å². The van der Waals surface area contributed by atoms with Gasteiger partial charge in [0, 0.05) is 37.8 Å². The van der Waals surface area contributed by atoms with Crippen LogP contribution in [0.1, 0.15) is 48.1 Å². The molecule has 1 amide bonds. The first-order valence-electron chi connectivity index (χ1n) is 15.4. The zero-order valence-corrected chi connectivity index (χ0v) is 24.9. The number of para-hydroxylation sites is 1. The van der Waals surface area contributed by atoms with Crippen molar-refractivity contribution in [3.63, 3.8) is 0 Å². The molecule has 2 atom stereocenters. The average Bonchev–Trinajstić information content (AvgIpc) is 3.46. The summed E-state index contributed by atoms with van der Waals surface area (Å²) in [6, 6.07) is 11.0. The number of anilines is 2. The van der Waals surface area contributed by atoms with Crippen molar-refractivity contribution in [1.82, 2.24) is 14.8 Å². The Hall–Kier alpha value is -4.28. The minimum atomic E-state index is -0.302. The van der Waals surface area contributed by atoms with Gasteiger partial charge in [0.05, 0.1) is 48.8 Å². The molecule has 0 radical (unpaired) electrons. The van der Waals surface area contributed by atoms with Crippen LogP contribution in [0, 0.1) is 22.7 Å². The van der Waals surface area contributed by atoms with E-state index in [9.17, 15) is 15.3 Å². The molecule has 1 aromatic heterocycles. The number of aryl methyl sites for hydroxylation is 1. The third kappa shape index (κ3) is 5.60. The molecule has 10 heteroatoms. The quantitative estimate of drug-likeness (QED) is 0.455. The fourth-order valence-electron chi connectivity index (χ4n) is 7.03. The van der Waals surface area contributed by atoms with Crippen LogP contribution in [-0.4, -0.2) is 85.8 Å². The Labute approximate surface area is 253 Å². The van der Waals surface area contributed by atoms with Crippen molar-refractivity contribution in [2.75, 3.05) is 62.8 Å². The molecule has 4 aliphatic heterocycles. The van der Waals surface area contributed by atoms with E-state index in [2.05, 4.69) is 58.7 Å². The summed E-state index contributed by atoms with van der Waals surface area (Å²) < 4.78 is 12.5. The maximum Gasteiger partial charge on any atom is 0.246 e. The summed E-state index contributed by atoms with van der Waals surface area (Å²) in [5, 5.41) is 20.1. The predicted octanol–water partition coefficient (Wildman–Crippen LogP) is 3.43. The van der Waals surface area contributed by atoms with Crippen LogP contribution in [-0.2, 0) is 24.2 Å². The van der Waals surface area contributed by atoms with E-state index in [1.807, 2.05) is 0 Å². The van der Waals surface area contributed by atoms with E-state index < -0.39 is 0 Å². The molecule has 0 aliphatic carbocycles. The first-order chi connectivity index (χ1) is 21.0. The van der Waals surface area contributed by atoms with Gasteiger partial charge in [-0.2, -0.15) is 10.5 Å². The van der Waals surface area contributed by atoms with E-state index in [1.165, 1.54) is 11.6 Å². The van der Waals surface area contributed by atoms with E-state index in [4.69, 9.17) is 14.5 Å². The minimum Gasteiger partial charge on any atom is -0.491 e. The molecular formula is C33H39N7O3. The van der Waals surface area contributed by atoms with E-state index >= 15 is 0 Å². The molecule has 1 aromatic carbocycles. The van der Waals surface area contributed by atoms with Gasteiger partial charge in [-0.25, -0.2) is 4.98 Å². The number of piperazine rings is 1. The van der Waals surface area contributed by atoms with E-state index in [1.54, 1.807) is 4.90 Å². The van der Waals surface area contributed by atoms with Gasteiger partial charge in [0.25, 0.3) is 0 Å². The zero-order valence-electron chi connectivity index (χ0n) is 24.9. The standard InChI is InChI=1S/C33H39N7O3/c1-3-30(41)40-17-16-39(20-24(40)11-13-34)31-26-12-15-38(29-10-4-7-23-8-6-18-42-32(23)29)21-28(26)36-33(27(31)19-35)43-22-25-9-5-14-37(25)2/h3-4,7,10,24-25H,1,5-6,8-9,11-12,14-18,20-22H2,2H3/t24-,25-/m0/s1. The highest BCUT2D eigenvalue weighted by Gasteiger charge is 2.35. The summed E-state index contributed by atoms with van der Waals surface area (Å²) in [7, 11) is 2.11. The van der Waals surface area contributed by atoms with Gasteiger partial charge in [-0.1, -0.05) is 18.7 Å². The lowest BCUT2D eigenvalue weighted by molar-refractivity contribution is -0.128. The van der Waals surface area contributed by atoms with Gasteiger partial charge in [0.2, 0.25) is 11.8 Å². The number of amides is 1. The normalized spacial score (nSPS) is 21.7. The number of aromatic nitrogens is 1. The number of hydrogen-bond acceptors (Lipinski definition) is 9. The average molecular weight is 582 g/mol. The molecule has 6 rings (SSSR count). The largest absolute Gasteiger partial charge is 0.491 e. The second kappa shape index (κ2) is 12.5. The number of nitrogens with zero attached hydrogens (tertiary/aromatic N) is 7. The van der Waals surface area contributed by atoms with Crippen LogP contribution >= 0.6 is 0 Å². The fourth-order valence-corrected chi connectivity index (χ4v) is 7.03. The molecule has 0 N–H and O–H groups in total. The summed E-state index contributed by atoms with van der Waals surface area (Å²) in [5.41, 5.74) is 5.53. The van der Waals surface area contributed by atoms with Crippen molar-refractivity contribution in [2.24, 2.45) is 0 Å². The topological polar surface area (TPSA) is 109 Å². The number of carbonyl (C=O) groups is 1. The monoisotopic (exact) mass is 581 g/mol. The molecule has 0 spiro atoms. The van der Waals surface area contributed by atoms with Crippen LogP contribution in [0.5, 0.6) is 11.6 Å². The number of carbonyl (C=O) groups excluding carboxylic acids is 1. The number of rotatable bonds is 7. The Kier molecular flexibility index (Phi) is 8.40. The third-order valence-electron chi connectivity index (χ3n) is 9.33. The molecule has 0 unspecified atom stereocenters. The van der Waals surface area contributed by atoms with Crippen LogP contribution in [0.2, 0.25) is 0 Å². The maximum absolute atomic E-state index is 12.6. The highest BCUT2D eigenvalue weighted by Crippen LogP contribution is 2.41. The summed E-state index contributed by atoms with van der Waals surface area (Å²) >= 11 is 0. The van der Waals surface area contributed by atoms with Gasteiger partial charge in [-0.3, -0.25) is 4.79 Å². The number of fused-ring (bicyclic) bond motifs is 2. The molecule has 4 aliphatic rings. The molecule has 224 valence electrons. The molecule has 2 saturated heterocycles. The van der Waals surface area contributed by atoms with Crippen molar-refractivity contribution in [3.8, 4) is 23.8 Å². The molecule has 0 saturated carbocycles. The summed E-state index contributed by atoms with van der Waals surface area (Å²) in [4.78, 5) is 26.1. The lowest BCUT2D eigenvalue weighted by Crippen LogP contribution is -2.55. The van der Waals surface area contributed by atoms with E-state index in [0.29, 0.717) is 50.7 Å². The van der Waals surface area contributed by atoms with Gasteiger partial charge >= 0.3 is 0 Å². The predicted molar refractivity (Wildman–Crippen MR) is 163 cm³/mol. The van der Waals surface area contributed by atoms with Crippen LogP contribution < -0.4 is 19.3 Å². The van der Waals surface area contributed by atoms with Crippen LogP contribution in [0.15, 0.2) is 30.9 Å². The number of likely N-dealkylation sites (N-methyl/N-ethyl adjacent to an activating group) is 1. The SMILES string of the molecule is C=CC(=O)N1CCN(c2c(C#N)c(OC[C@@H]3CCCN3C)nc3c2CCN(c2cccc4c2OCCC4)C3)C[C@@H]1CC#N. The second-order valence-electron chi connectivity index (χ2n) is 11.9. The van der Waals surface area contributed by atoms with E-state index in [0.717, 1.165) is 73.8 Å². The number of hydrogen-bond donors (Lipinski definition) is 0. The zero-order chi connectivity index (χ0) is 29.9. The van der Waals surface area contributed by atoms with Crippen molar-refractivity contribution in [2.45, 2.75) is 57.2 Å². The molecule has 2 fully saturated rings. The smallest absolute Gasteiger partial charge is 0.246 e. The molecule has 5 heterocycles. The first-order valence-corrected chi connectivity index (χ1v) is 15.4. The van der Waals surface area contributed by atoms with Gasteiger partial charge in [0.1, 0.15) is 24.0 Å². The molecule has 2 aromatic rings. The first kappa shape index (κ1) is 28.8. The summed E-state index contributed by atoms with van der Waals surface area (Å²) in [6.45, 7) is 8.65. The van der Waals surface area contributed by atoms with Crippen LogP contribution in [0.4, 0.5) is 11.4 Å². The van der Waals surface area contributed by atoms with Crippen LogP contribution in [0.25, 0.3) is 0 Å². The molecule has 10 nitrogen and oxygen atoms in total. The number of benzene rings is 1. The Bertz CT molecular complexity index is 1480. The lowest BCUT2D eigenvalue weighted by Gasteiger charge is -2.43. The molecule has 0 bridgehead atoms. The molecular weight excluding hydrogens is 542 g/mol. The lowest BCUT2D eigenvalue weighted by atomic mass is 9.96. The number of nitriles is 2. The Balaban J connectivity index is 1.38. The highest BCUT2D eigenvalue weighted by atomic mass is 16.5. The van der Waals surface area contributed by atoms with Crippen molar-refractivity contribution < 1.29 is 14.3 Å². The highest BCUT2D eigenvalue weighted by molar-refractivity contribution is 5.87. The summed E-state index contributed by atoms with van der Waals surface area (Å²) in [6.07, 6.45) is 6.44. The number of ether oxygens (including phenoxy) is 2. The van der Waals surface area contributed by atoms with Gasteiger partial charge in [-0.15, -0.1) is 0 Å². The third-order valence-corrected chi connectivity index (χ3v) is 9.33. The second-order valence-corrected chi connectivity index (χ2v) is 11.9. The Morgan fingerprint density at radius 1 is 1.16 bits per heavy atom. The Morgan fingerprint density at radius 2 is 2.05 bits per heavy atom. The summed E-state index contributed by atoms with van der Waals surface area (Å²) in [5.74, 6) is 1.16.